The van der Waals surface area contributed by atoms with Crippen molar-refractivity contribution in [3.05, 3.63) is 71.2 Å². The maximum Gasteiger partial charge on any atom is 0.225 e. The summed E-state index contributed by atoms with van der Waals surface area (Å²) < 4.78 is 24.3. The van der Waals surface area contributed by atoms with E-state index in [1.54, 1.807) is 32.4 Å². The van der Waals surface area contributed by atoms with E-state index in [1.165, 1.54) is 6.07 Å². The van der Waals surface area contributed by atoms with E-state index in [-0.39, 0.29) is 5.82 Å². The zero-order chi connectivity index (χ0) is 19.9. The molecule has 3 rings (SSSR count). The van der Waals surface area contributed by atoms with Crippen LogP contribution in [0.3, 0.4) is 0 Å². The van der Waals surface area contributed by atoms with Crippen molar-refractivity contribution >= 4 is 11.8 Å². The van der Waals surface area contributed by atoms with Crippen molar-refractivity contribution in [2.45, 2.75) is 20.0 Å². The summed E-state index contributed by atoms with van der Waals surface area (Å²) in [6.07, 6.45) is 0. The highest BCUT2D eigenvalue weighted by molar-refractivity contribution is 5.45. The van der Waals surface area contributed by atoms with Crippen LogP contribution in [0, 0.1) is 12.7 Å². The minimum absolute atomic E-state index is 0.243. The van der Waals surface area contributed by atoms with Gasteiger partial charge in [-0.3, -0.25) is 0 Å². The summed E-state index contributed by atoms with van der Waals surface area (Å²) >= 11 is 0. The molecule has 0 amide bonds. The number of hydrogen-bond donors (Lipinski definition) is 2. The number of ether oxygens (including phenoxy) is 2. The van der Waals surface area contributed by atoms with E-state index < -0.39 is 0 Å². The number of rotatable bonds is 8. The molecule has 0 saturated heterocycles. The minimum atomic E-state index is -0.243. The van der Waals surface area contributed by atoms with Crippen molar-refractivity contribution in [1.82, 2.24) is 9.97 Å². The predicted molar refractivity (Wildman–Crippen MR) is 107 cm³/mol. The molecule has 0 aliphatic carbocycles. The molecular formula is C21H23FN4O2. The van der Waals surface area contributed by atoms with Crippen molar-refractivity contribution in [2.75, 3.05) is 24.9 Å². The van der Waals surface area contributed by atoms with Crippen molar-refractivity contribution < 1.29 is 13.9 Å². The van der Waals surface area contributed by atoms with Gasteiger partial charge in [-0.1, -0.05) is 24.3 Å². The molecule has 1 aromatic heterocycles. The third-order valence-electron chi connectivity index (χ3n) is 4.17. The first-order chi connectivity index (χ1) is 13.6. The van der Waals surface area contributed by atoms with Crippen LogP contribution in [0.2, 0.25) is 0 Å². The summed E-state index contributed by atoms with van der Waals surface area (Å²) in [6, 6.07) is 14.2. The molecule has 0 aliphatic rings. The second kappa shape index (κ2) is 9.03. The summed E-state index contributed by atoms with van der Waals surface area (Å²) in [4.78, 5) is 8.86. The van der Waals surface area contributed by atoms with Crippen LogP contribution in [-0.2, 0) is 13.1 Å². The quantitative estimate of drug-likeness (QED) is 0.610. The number of hydrogen-bond acceptors (Lipinski definition) is 6. The first kappa shape index (κ1) is 19.4. The van der Waals surface area contributed by atoms with E-state index >= 15 is 0 Å². The fourth-order valence-corrected chi connectivity index (χ4v) is 2.74. The average molecular weight is 382 g/mol. The topological polar surface area (TPSA) is 68.3 Å². The van der Waals surface area contributed by atoms with Gasteiger partial charge in [0.25, 0.3) is 0 Å². The Bertz CT molecular complexity index is 949. The standard InChI is InChI=1S/C21H23FN4O2/c1-14-10-20(23-13-16-6-4-5-7-17(16)22)26-21(25-14)24-12-15-8-9-18(27-2)19(11-15)28-3/h4-11H,12-13H2,1-3H3,(H2,23,24,25,26). The predicted octanol–water partition coefficient (Wildman–Crippen LogP) is 4.17. The number of nitrogens with one attached hydrogen (secondary N) is 2. The van der Waals surface area contributed by atoms with Crippen LogP contribution in [0.25, 0.3) is 0 Å². The summed E-state index contributed by atoms with van der Waals surface area (Å²) in [5, 5.41) is 6.35. The van der Waals surface area contributed by atoms with Gasteiger partial charge in [0, 0.05) is 30.4 Å². The second-order valence-electron chi connectivity index (χ2n) is 6.21. The number of anilines is 2. The molecule has 146 valence electrons. The Morgan fingerprint density at radius 3 is 2.43 bits per heavy atom. The SMILES string of the molecule is COc1ccc(CNc2nc(C)cc(NCc3ccccc3F)n2)cc1OC. The number of benzene rings is 2. The highest BCUT2D eigenvalue weighted by Crippen LogP contribution is 2.27. The zero-order valence-electron chi connectivity index (χ0n) is 16.1. The van der Waals surface area contributed by atoms with Crippen LogP contribution in [0.5, 0.6) is 11.5 Å². The molecule has 28 heavy (non-hydrogen) atoms. The van der Waals surface area contributed by atoms with Crippen molar-refractivity contribution in [3.63, 3.8) is 0 Å². The van der Waals surface area contributed by atoms with Gasteiger partial charge in [0.15, 0.2) is 11.5 Å². The van der Waals surface area contributed by atoms with Gasteiger partial charge in [-0.25, -0.2) is 9.37 Å². The van der Waals surface area contributed by atoms with Gasteiger partial charge >= 0.3 is 0 Å². The fraction of sp³-hybridized carbons (Fsp3) is 0.238. The van der Waals surface area contributed by atoms with Crippen LogP contribution in [0.4, 0.5) is 16.2 Å². The minimum Gasteiger partial charge on any atom is -0.493 e. The molecule has 6 nitrogen and oxygen atoms in total. The average Bonchev–Trinajstić information content (AvgIpc) is 2.71. The molecule has 0 unspecified atom stereocenters. The Kier molecular flexibility index (Phi) is 6.26. The molecule has 0 bridgehead atoms. The second-order valence-corrected chi connectivity index (χ2v) is 6.21. The van der Waals surface area contributed by atoms with Crippen molar-refractivity contribution in [1.29, 1.82) is 0 Å². The Balaban J connectivity index is 1.67. The maximum atomic E-state index is 13.8. The highest BCUT2D eigenvalue weighted by atomic mass is 19.1. The lowest BCUT2D eigenvalue weighted by Gasteiger charge is -2.12. The van der Waals surface area contributed by atoms with Crippen LogP contribution in [0.15, 0.2) is 48.5 Å². The van der Waals surface area contributed by atoms with Crippen LogP contribution in [0.1, 0.15) is 16.8 Å². The van der Waals surface area contributed by atoms with E-state index in [0.29, 0.717) is 41.9 Å². The smallest absolute Gasteiger partial charge is 0.225 e. The summed E-state index contributed by atoms with van der Waals surface area (Å²) in [6.45, 7) is 2.76. The lowest BCUT2D eigenvalue weighted by Crippen LogP contribution is -2.08. The van der Waals surface area contributed by atoms with Crippen LogP contribution < -0.4 is 20.1 Å². The molecule has 0 fully saturated rings. The number of aryl methyl sites for hydroxylation is 1. The summed E-state index contributed by atoms with van der Waals surface area (Å²) in [5.74, 6) is 2.22. The summed E-state index contributed by atoms with van der Waals surface area (Å²) in [7, 11) is 3.21. The molecule has 0 saturated carbocycles. The number of methoxy groups -OCH3 is 2. The molecule has 0 spiro atoms. The van der Waals surface area contributed by atoms with E-state index in [9.17, 15) is 4.39 Å². The first-order valence-electron chi connectivity index (χ1n) is 8.87. The maximum absolute atomic E-state index is 13.8. The van der Waals surface area contributed by atoms with Gasteiger partial charge in [-0.05, 0) is 30.7 Å². The molecule has 1 heterocycles. The van der Waals surface area contributed by atoms with E-state index in [4.69, 9.17) is 9.47 Å². The zero-order valence-corrected chi connectivity index (χ0v) is 16.1. The molecule has 2 N–H and O–H groups in total. The van der Waals surface area contributed by atoms with Crippen molar-refractivity contribution in [2.24, 2.45) is 0 Å². The number of halogens is 1. The Morgan fingerprint density at radius 1 is 0.893 bits per heavy atom. The lowest BCUT2D eigenvalue weighted by molar-refractivity contribution is 0.354. The van der Waals surface area contributed by atoms with Gasteiger partial charge in [0.2, 0.25) is 5.95 Å². The summed E-state index contributed by atoms with van der Waals surface area (Å²) in [5.41, 5.74) is 2.39. The third-order valence-corrected chi connectivity index (χ3v) is 4.17. The fourth-order valence-electron chi connectivity index (χ4n) is 2.74. The van der Waals surface area contributed by atoms with Gasteiger partial charge in [0.1, 0.15) is 11.6 Å². The largest absolute Gasteiger partial charge is 0.493 e. The van der Waals surface area contributed by atoms with Gasteiger partial charge < -0.3 is 20.1 Å². The van der Waals surface area contributed by atoms with E-state index in [0.717, 1.165) is 11.3 Å². The number of aromatic nitrogens is 2. The Labute approximate surface area is 163 Å². The van der Waals surface area contributed by atoms with Gasteiger partial charge in [0.05, 0.1) is 14.2 Å². The number of nitrogens with zero attached hydrogens (tertiary/aromatic N) is 2. The molecule has 7 heteroatoms. The molecule has 0 atom stereocenters. The van der Waals surface area contributed by atoms with E-state index in [2.05, 4.69) is 20.6 Å². The Hall–Kier alpha value is -3.35. The van der Waals surface area contributed by atoms with Crippen LogP contribution >= 0.6 is 0 Å². The van der Waals surface area contributed by atoms with Gasteiger partial charge in [-0.2, -0.15) is 4.98 Å². The normalized spacial score (nSPS) is 10.4. The molecule has 3 aromatic rings. The van der Waals surface area contributed by atoms with Crippen molar-refractivity contribution in [3.8, 4) is 11.5 Å². The molecule has 0 radical (unpaired) electrons. The molecule has 2 aromatic carbocycles. The monoisotopic (exact) mass is 382 g/mol. The van der Waals surface area contributed by atoms with E-state index in [1.807, 2.05) is 31.2 Å². The van der Waals surface area contributed by atoms with Gasteiger partial charge in [-0.15, -0.1) is 0 Å². The highest BCUT2D eigenvalue weighted by Gasteiger charge is 2.07. The molecular weight excluding hydrogens is 359 g/mol. The Morgan fingerprint density at radius 2 is 1.68 bits per heavy atom. The van der Waals surface area contributed by atoms with Crippen LogP contribution in [-0.4, -0.2) is 24.2 Å². The third kappa shape index (κ3) is 4.88. The first-order valence-corrected chi connectivity index (χ1v) is 8.87. The lowest BCUT2D eigenvalue weighted by atomic mass is 10.2. The molecule has 0 aliphatic heterocycles.